The highest BCUT2D eigenvalue weighted by Gasteiger charge is 2.54. The molecule has 1 N–H and O–H groups in total. The molecule has 0 bridgehead atoms. The van der Waals surface area contributed by atoms with Crippen molar-refractivity contribution in [2.75, 3.05) is 6.54 Å². The van der Waals surface area contributed by atoms with Crippen molar-refractivity contribution >= 4 is 12.4 Å². The first-order valence-electron chi connectivity index (χ1n) is 5.16. The third-order valence-electron chi connectivity index (χ3n) is 3.28. The van der Waals surface area contributed by atoms with Gasteiger partial charge in [-0.25, -0.2) is 8.78 Å². The molecule has 16 heavy (non-hydrogen) atoms. The minimum atomic E-state index is -2.66. The van der Waals surface area contributed by atoms with Crippen LogP contribution in [0.15, 0.2) is 24.3 Å². The van der Waals surface area contributed by atoms with E-state index in [-0.39, 0.29) is 18.8 Å². The summed E-state index contributed by atoms with van der Waals surface area (Å²) in [7, 11) is 0. The van der Waals surface area contributed by atoms with Crippen LogP contribution in [-0.4, -0.2) is 12.5 Å². The number of alkyl halides is 2. The van der Waals surface area contributed by atoms with Crippen molar-refractivity contribution in [3.63, 3.8) is 0 Å². The summed E-state index contributed by atoms with van der Waals surface area (Å²) >= 11 is 0. The van der Waals surface area contributed by atoms with E-state index in [1.807, 2.05) is 19.1 Å². The second-order valence-corrected chi connectivity index (χ2v) is 4.37. The Morgan fingerprint density at radius 3 is 2.19 bits per heavy atom. The molecule has 4 heteroatoms. The van der Waals surface area contributed by atoms with Gasteiger partial charge in [0.1, 0.15) is 5.54 Å². The van der Waals surface area contributed by atoms with Gasteiger partial charge >= 0.3 is 0 Å². The molecule has 90 valence electrons. The van der Waals surface area contributed by atoms with E-state index in [0.717, 1.165) is 5.56 Å². The van der Waals surface area contributed by atoms with Gasteiger partial charge in [0.05, 0.1) is 0 Å². The smallest absolute Gasteiger partial charge is 0.270 e. The van der Waals surface area contributed by atoms with Crippen molar-refractivity contribution in [1.29, 1.82) is 0 Å². The van der Waals surface area contributed by atoms with Crippen molar-refractivity contribution in [2.45, 2.75) is 31.7 Å². The van der Waals surface area contributed by atoms with Crippen LogP contribution in [0.5, 0.6) is 0 Å². The number of aryl methyl sites for hydroxylation is 1. The highest BCUT2D eigenvalue weighted by Crippen LogP contribution is 2.43. The lowest BCUT2D eigenvalue weighted by Crippen LogP contribution is -2.46. The molecule has 0 spiro atoms. The third-order valence-corrected chi connectivity index (χ3v) is 3.28. The monoisotopic (exact) mass is 247 g/mol. The standard InChI is InChI=1S/C12H15F2N.ClH/c1-9-3-5-10(6-4-9)11(2)12(13,14)7-8-15-11;/h3-6,15H,7-8H2,1-2H3;1H. The zero-order valence-corrected chi connectivity index (χ0v) is 10.2. The van der Waals surface area contributed by atoms with Gasteiger partial charge in [0.25, 0.3) is 5.92 Å². The van der Waals surface area contributed by atoms with Crippen LogP contribution in [0.25, 0.3) is 0 Å². The summed E-state index contributed by atoms with van der Waals surface area (Å²) in [6.45, 7) is 3.90. The summed E-state index contributed by atoms with van der Waals surface area (Å²) in [5.41, 5.74) is 0.542. The van der Waals surface area contributed by atoms with Crippen LogP contribution >= 0.6 is 12.4 Å². The SMILES string of the molecule is Cc1ccc(C2(C)NCCC2(F)F)cc1.Cl. The minimum absolute atomic E-state index is 0. The molecule has 1 heterocycles. The van der Waals surface area contributed by atoms with Gasteiger partial charge in [-0.05, 0) is 19.4 Å². The molecular weight excluding hydrogens is 232 g/mol. The molecule has 0 saturated carbocycles. The highest BCUT2D eigenvalue weighted by molar-refractivity contribution is 5.85. The molecule has 1 unspecified atom stereocenters. The topological polar surface area (TPSA) is 12.0 Å². The van der Waals surface area contributed by atoms with Crippen LogP contribution in [0.1, 0.15) is 24.5 Å². The van der Waals surface area contributed by atoms with Crippen LogP contribution in [0.4, 0.5) is 8.78 Å². The first-order valence-corrected chi connectivity index (χ1v) is 5.16. The molecule has 1 aromatic rings. The summed E-state index contributed by atoms with van der Waals surface area (Å²) in [5.74, 6) is -2.66. The Morgan fingerprint density at radius 1 is 1.19 bits per heavy atom. The fraction of sp³-hybridized carbons (Fsp3) is 0.500. The molecule has 0 aromatic heterocycles. The Labute approximate surface area is 101 Å². The maximum Gasteiger partial charge on any atom is 0.270 e. The van der Waals surface area contributed by atoms with E-state index in [9.17, 15) is 8.78 Å². The van der Waals surface area contributed by atoms with Gasteiger partial charge in [0, 0.05) is 13.0 Å². The lowest BCUT2D eigenvalue weighted by atomic mass is 9.87. The predicted molar refractivity (Wildman–Crippen MR) is 63.3 cm³/mol. The van der Waals surface area contributed by atoms with E-state index in [4.69, 9.17) is 0 Å². The molecule has 1 aliphatic heterocycles. The maximum absolute atomic E-state index is 13.7. The first kappa shape index (κ1) is 13.4. The fourth-order valence-electron chi connectivity index (χ4n) is 2.05. The zero-order chi connectivity index (χ0) is 11.1. The quantitative estimate of drug-likeness (QED) is 0.803. The average molecular weight is 248 g/mol. The summed E-state index contributed by atoms with van der Waals surface area (Å²) in [5, 5.41) is 2.91. The molecular formula is C12H16ClF2N. The number of hydrogen-bond donors (Lipinski definition) is 1. The molecule has 1 atom stereocenters. The summed E-state index contributed by atoms with van der Waals surface area (Å²) in [6.07, 6.45) is -0.0859. The van der Waals surface area contributed by atoms with E-state index in [1.54, 1.807) is 19.1 Å². The fourth-order valence-corrected chi connectivity index (χ4v) is 2.05. The lowest BCUT2D eigenvalue weighted by molar-refractivity contribution is -0.0559. The molecule has 0 amide bonds. The van der Waals surface area contributed by atoms with E-state index in [2.05, 4.69) is 5.32 Å². The molecule has 0 radical (unpaired) electrons. The van der Waals surface area contributed by atoms with Gasteiger partial charge in [-0.2, -0.15) is 0 Å². The zero-order valence-electron chi connectivity index (χ0n) is 9.39. The minimum Gasteiger partial charge on any atom is -0.302 e. The van der Waals surface area contributed by atoms with Crippen LogP contribution in [0.3, 0.4) is 0 Å². The van der Waals surface area contributed by atoms with Crippen molar-refractivity contribution in [3.05, 3.63) is 35.4 Å². The Kier molecular flexibility index (Phi) is 3.60. The molecule has 1 fully saturated rings. The van der Waals surface area contributed by atoms with E-state index >= 15 is 0 Å². The first-order chi connectivity index (χ1) is 6.96. The second kappa shape index (κ2) is 4.30. The number of nitrogens with one attached hydrogen (secondary N) is 1. The van der Waals surface area contributed by atoms with Crippen molar-refractivity contribution in [2.24, 2.45) is 0 Å². The Bertz CT molecular complexity index is 364. The molecule has 1 aromatic carbocycles. The normalized spacial score (nSPS) is 27.5. The van der Waals surface area contributed by atoms with E-state index in [1.165, 1.54) is 0 Å². The van der Waals surface area contributed by atoms with Gasteiger partial charge in [0.15, 0.2) is 0 Å². The van der Waals surface area contributed by atoms with Gasteiger partial charge in [-0.3, -0.25) is 0 Å². The van der Waals surface area contributed by atoms with Gasteiger partial charge in [0.2, 0.25) is 0 Å². The summed E-state index contributed by atoms with van der Waals surface area (Å²) in [4.78, 5) is 0. The van der Waals surface area contributed by atoms with Crippen LogP contribution in [0.2, 0.25) is 0 Å². The predicted octanol–water partition coefficient (Wildman–Crippen LogP) is 3.26. The highest BCUT2D eigenvalue weighted by atomic mass is 35.5. The van der Waals surface area contributed by atoms with Crippen LogP contribution < -0.4 is 5.32 Å². The number of benzene rings is 1. The summed E-state index contributed by atoms with van der Waals surface area (Å²) in [6, 6.07) is 7.30. The molecule has 1 aliphatic rings. The van der Waals surface area contributed by atoms with Crippen LogP contribution in [-0.2, 0) is 5.54 Å². The molecule has 1 nitrogen and oxygen atoms in total. The Hall–Kier alpha value is -0.670. The number of rotatable bonds is 1. The number of halogens is 3. The molecule has 2 rings (SSSR count). The second-order valence-electron chi connectivity index (χ2n) is 4.37. The van der Waals surface area contributed by atoms with E-state index in [0.29, 0.717) is 12.1 Å². The summed E-state index contributed by atoms with van der Waals surface area (Å²) < 4.78 is 27.4. The molecule has 1 saturated heterocycles. The lowest BCUT2D eigenvalue weighted by Gasteiger charge is -2.31. The van der Waals surface area contributed by atoms with Gasteiger partial charge < -0.3 is 5.32 Å². The van der Waals surface area contributed by atoms with Gasteiger partial charge in [-0.15, -0.1) is 12.4 Å². The van der Waals surface area contributed by atoms with Crippen LogP contribution in [0, 0.1) is 6.92 Å². The Morgan fingerprint density at radius 2 is 1.75 bits per heavy atom. The maximum atomic E-state index is 13.7. The average Bonchev–Trinajstić information content (AvgIpc) is 2.43. The van der Waals surface area contributed by atoms with Crippen molar-refractivity contribution < 1.29 is 8.78 Å². The van der Waals surface area contributed by atoms with Gasteiger partial charge in [-0.1, -0.05) is 29.8 Å². The van der Waals surface area contributed by atoms with Crippen molar-refractivity contribution in [3.8, 4) is 0 Å². The Balaban J connectivity index is 0.00000128. The van der Waals surface area contributed by atoms with E-state index < -0.39 is 11.5 Å². The molecule has 0 aliphatic carbocycles. The third kappa shape index (κ3) is 1.94. The van der Waals surface area contributed by atoms with Crippen molar-refractivity contribution in [1.82, 2.24) is 5.32 Å². The number of hydrogen-bond acceptors (Lipinski definition) is 1. The largest absolute Gasteiger partial charge is 0.302 e.